The van der Waals surface area contributed by atoms with Crippen molar-refractivity contribution < 1.29 is 4.74 Å². The molecule has 0 bridgehead atoms. The largest absolute Gasteiger partial charge is 0.496 e. The molecule has 0 atom stereocenters. The van der Waals surface area contributed by atoms with Gasteiger partial charge in [-0.05, 0) is 30.0 Å². The van der Waals surface area contributed by atoms with Gasteiger partial charge in [0.05, 0.1) is 7.11 Å². The average Bonchev–Trinajstić information content (AvgIpc) is 2.19. The Bertz CT molecular complexity index is 279. The van der Waals surface area contributed by atoms with Crippen molar-refractivity contribution in [3.63, 3.8) is 0 Å². The molecule has 0 aliphatic rings. The van der Waals surface area contributed by atoms with Crippen LogP contribution in [0.1, 0.15) is 37.8 Å². The molecule has 0 aliphatic heterocycles. The Labute approximate surface area is 87.1 Å². The minimum absolute atomic E-state index is 1.03. The first kappa shape index (κ1) is 11.1. The Balaban J connectivity index is 2.88. The first-order chi connectivity index (χ1) is 6.81. The van der Waals surface area contributed by atoms with E-state index in [1.807, 2.05) is 0 Å². The molecule has 0 aromatic heterocycles. The van der Waals surface area contributed by atoms with Crippen LogP contribution in [-0.2, 0) is 12.8 Å². The molecule has 0 aliphatic carbocycles. The van der Waals surface area contributed by atoms with Crippen molar-refractivity contribution in [2.45, 2.75) is 39.5 Å². The van der Waals surface area contributed by atoms with Crippen molar-refractivity contribution in [2.75, 3.05) is 7.11 Å². The van der Waals surface area contributed by atoms with Gasteiger partial charge >= 0.3 is 0 Å². The van der Waals surface area contributed by atoms with E-state index in [2.05, 4.69) is 32.0 Å². The Morgan fingerprint density at radius 1 is 1.07 bits per heavy atom. The van der Waals surface area contributed by atoms with Crippen LogP contribution in [0.4, 0.5) is 0 Å². The smallest absolute Gasteiger partial charge is 0.122 e. The van der Waals surface area contributed by atoms with Crippen molar-refractivity contribution in [3.05, 3.63) is 29.3 Å². The Kier molecular flexibility index (Phi) is 4.51. The summed E-state index contributed by atoms with van der Waals surface area (Å²) in [5, 5.41) is 0. The molecule has 1 nitrogen and oxygen atoms in total. The number of methoxy groups -OCH3 is 1. The summed E-state index contributed by atoms with van der Waals surface area (Å²) < 4.78 is 5.33. The zero-order valence-corrected chi connectivity index (χ0v) is 9.47. The molecule has 0 saturated heterocycles. The van der Waals surface area contributed by atoms with Crippen LogP contribution in [0.25, 0.3) is 0 Å². The Morgan fingerprint density at radius 3 is 2.36 bits per heavy atom. The zero-order chi connectivity index (χ0) is 10.4. The summed E-state index contributed by atoms with van der Waals surface area (Å²) in [5.41, 5.74) is 2.78. The maximum Gasteiger partial charge on any atom is 0.122 e. The topological polar surface area (TPSA) is 9.23 Å². The second-order valence-electron chi connectivity index (χ2n) is 3.65. The van der Waals surface area contributed by atoms with E-state index in [-0.39, 0.29) is 0 Å². The minimum Gasteiger partial charge on any atom is -0.496 e. The molecular weight excluding hydrogens is 172 g/mol. The number of ether oxygens (including phenoxy) is 1. The van der Waals surface area contributed by atoms with Crippen LogP contribution in [0.15, 0.2) is 18.2 Å². The fraction of sp³-hybridized carbons (Fsp3) is 0.538. The van der Waals surface area contributed by atoms with Gasteiger partial charge in [-0.25, -0.2) is 0 Å². The van der Waals surface area contributed by atoms with Gasteiger partial charge in [-0.1, -0.05) is 38.8 Å². The van der Waals surface area contributed by atoms with Crippen molar-refractivity contribution in [3.8, 4) is 5.75 Å². The molecule has 0 saturated carbocycles. The lowest BCUT2D eigenvalue weighted by atomic mass is 10.0. The molecule has 78 valence electrons. The maximum atomic E-state index is 5.33. The maximum absolute atomic E-state index is 5.33. The van der Waals surface area contributed by atoms with Crippen molar-refractivity contribution in [1.29, 1.82) is 0 Å². The van der Waals surface area contributed by atoms with Crippen LogP contribution in [-0.4, -0.2) is 7.11 Å². The Hall–Kier alpha value is -0.980. The highest BCUT2D eigenvalue weighted by molar-refractivity contribution is 5.37. The summed E-state index contributed by atoms with van der Waals surface area (Å²) in [6, 6.07) is 6.54. The summed E-state index contributed by atoms with van der Waals surface area (Å²) in [7, 11) is 1.74. The summed E-state index contributed by atoms with van der Waals surface area (Å²) in [5.74, 6) is 1.03. The highest BCUT2D eigenvalue weighted by atomic mass is 16.5. The molecule has 1 heteroatoms. The minimum atomic E-state index is 1.03. The fourth-order valence-corrected chi connectivity index (χ4v) is 1.74. The van der Waals surface area contributed by atoms with Gasteiger partial charge in [-0.15, -0.1) is 0 Å². The summed E-state index contributed by atoms with van der Waals surface area (Å²) in [6.07, 6.45) is 4.66. The quantitative estimate of drug-likeness (QED) is 0.692. The monoisotopic (exact) mass is 192 g/mol. The predicted octanol–water partition coefficient (Wildman–Crippen LogP) is 3.60. The first-order valence-corrected chi connectivity index (χ1v) is 5.47. The van der Waals surface area contributed by atoms with Gasteiger partial charge in [-0.2, -0.15) is 0 Å². The van der Waals surface area contributed by atoms with Crippen molar-refractivity contribution in [1.82, 2.24) is 0 Å². The van der Waals surface area contributed by atoms with E-state index in [4.69, 9.17) is 4.74 Å². The molecular formula is C13H20O. The molecule has 1 aromatic carbocycles. The lowest BCUT2D eigenvalue weighted by molar-refractivity contribution is 0.409. The molecule has 14 heavy (non-hydrogen) atoms. The molecule has 0 amide bonds. The van der Waals surface area contributed by atoms with E-state index in [1.165, 1.54) is 30.4 Å². The highest BCUT2D eigenvalue weighted by Crippen LogP contribution is 2.21. The van der Waals surface area contributed by atoms with E-state index in [0.29, 0.717) is 0 Å². The molecule has 0 radical (unpaired) electrons. The lowest BCUT2D eigenvalue weighted by Gasteiger charge is -2.09. The van der Waals surface area contributed by atoms with E-state index < -0.39 is 0 Å². The molecule has 0 unspecified atom stereocenters. The van der Waals surface area contributed by atoms with Crippen LogP contribution in [0.3, 0.4) is 0 Å². The van der Waals surface area contributed by atoms with Gasteiger partial charge in [0.25, 0.3) is 0 Å². The van der Waals surface area contributed by atoms with Crippen LogP contribution in [0.5, 0.6) is 5.75 Å². The van der Waals surface area contributed by atoms with Gasteiger partial charge in [0, 0.05) is 0 Å². The number of benzene rings is 1. The second kappa shape index (κ2) is 5.69. The number of hydrogen-bond donors (Lipinski definition) is 0. The van der Waals surface area contributed by atoms with Crippen molar-refractivity contribution in [2.24, 2.45) is 0 Å². The predicted molar refractivity (Wildman–Crippen MR) is 61.0 cm³/mol. The molecule has 0 heterocycles. The van der Waals surface area contributed by atoms with Gasteiger partial charge in [-0.3, -0.25) is 0 Å². The number of hydrogen-bond acceptors (Lipinski definition) is 1. The third-order valence-electron chi connectivity index (χ3n) is 2.40. The van der Waals surface area contributed by atoms with Gasteiger partial charge in [0.1, 0.15) is 5.75 Å². The summed E-state index contributed by atoms with van der Waals surface area (Å²) in [4.78, 5) is 0. The van der Waals surface area contributed by atoms with Gasteiger partial charge in [0.15, 0.2) is 0 Å². The SMILES string of the molecule is CCCc1ccc(OC)c(CCC)c1. The molecule has 0 fully saturated rings. The third-order valence-corrected chi connectivity index (χ3v) is 2.40. The molecule has 0 N–H and O–H groups in total. The van der Waals surface area contributed by atoms with E-state index in [0.717, 1.165) is 12.2 Å². The highest BCUT2D eigenvalue weighted by Gasteiger charge is 2.02. The van der Waals surface area contributed by atoms with E-state index in [9.17, 15) is 0 Å². The first-order valence-electron chi connectivity index (χ1n) is 5.47. The zero-order valence-electron chi connectivity index (χ0n) is 9.47. The van der Waals surface area contributed by atoms with E-state index >= 15 is 0 Å². The van der Waals surface area contributed by atoms with Crippen LogP contribution < -0.4 is 4.74 Å². The third kappa shape index (κ3) is 2.76. The number of aryl methyl sites for hydroxylation is 2. The van der Waals surface area contributed by atoms with Crippen LogP contribution in [0.2, 0.25) is 0 Å². The number of rotatable bonds is 5. The normalized spacial score (nSPS) is 10.2. The standard InChI is InChI=1S/C13H20O/c1-4-6-11-8-9-13(14-3)12(10-11)7-5-2/h8-10H,4-7H2,1-3H3. The average molecular weight is 192 g/mol. The molecule has 0 spiro atoms. The van der Waals surface area contributed by atoms with Crippen molar-refractivity contribution >= 4 is 0 Å². The fourth-order valence-electron chi connectivity index (χ4n) is 1.74. The Morgan fingerprint density at radius 2 is 1.79 bits per heavy atom. The molecule has 1 aromatic rings. The summed E-state index contributed by atoms with van der Waals surface area (Å²) >= 11 is 0. The van der Waals surface area contributed by atoms with Crippen LogP contribution >= 0.6 is 0 Å². The lowest BCUT2D eigenvalue weighted by Crippen LogP contribution is -1.94. The second-order valence-corrected chi connectivity index (χ2v) is 3.65. The molecule has 1 rings (SSSR count). The van der Waals surface area contributed by atoms with E-state index in [1.54, 1.807) is 7.11 Å². The van der Waals surface area contributed by atoms with Gasteiger partial charge < -0.3 is 4.74 Å². The van der Waals surface area contributed by atoms with Crippen LogP contribution in [0, 0.1) is 0 Å². The van der Waals surface area contributed by atoms with Gasteiger partial charge in [0.2, 0.25) is 0 Å². The summed E-state index contributed by atoms with van der Waals surface area (Å²) in [6.45, 7) is 4.41.